The molecule has 0 spiro atoms. The Balaban J connectivity index is 2.37. The zero-order valence-corrected chi connectivity index (χ0v) is 9.38. The van der Waals surface area contributed by atoms with Gasteiger partial charge in [-0.3, -0.25) is 0 Å². The third-order valence-corrected chi connectivity index (χ3v) is 2.60. The molecule has 12 heavy (non-hydrogen) atoms. The predicted octanol–water partition coefficient (Wildman–Crippen LogP) is 3.84. The summed E-state index contributed by atoms with van der Waals surface area (Å²) in [6.07, 6.45) is 4.77. The first-order valence-corrected chi connectivity index (χ1v) is 5.44. The molecule has 1 rings (SSSR count). The monoisotopic (exact) mass is 273 g/mol. The van der Waals surface area contributed by atoms with E-state index in [4.69, 9.17) is 0 Å². The zero-order valence-electron chi connectivity index (χ0n) is 7.22. The van der Waals surface area contributed by atoms with Crippen LogP contribution in [0.4, 0.5) is 0 Å². The van der Waals surface area contributed by atoms with Gasteiger partial charge in [0.05, 0.1) is 0 Å². The second kappa shape index (κ2) is 5.57. The number of aryl methyl sites for hydroxylation is 1. The number of rotatable bonds is 4. The molecule has 0 aliphatic carbocycles. The smallest absolute Gasteiger partial charge is 0.0130 e. The maximum absolute atomic E-state index is 3.83. The number of hydrogen-bond acceptors (Lipinski definition) is 0. The highest BCUT2D eigenvalue weighted by molar-refractivity contribution is 14.1. The van der Waals surface area contributed by atoms with Crippen molar-refractivity contribution in [3.05, 3.63) is 40.3 Å². The molecule has 0 atom stereocenters. The molecule has 0 bridgehead atoms. The highest BCUT2D eigenvalue weighted by atomic mass is 127. The molecule has 0 saturated heterocycles. The van der Waals surface area contributed by atoms with Crippen LogP contribution in [0.25, 0.3) is 0 Å². The summed E-state index contributed by atoms with van der Waals surface area (Å²) >= 11 is 2.33. The molecular formula is C11H14I. The minimum Gasteiger partial charge on any atom is -0.0580 e. The van der Waals surface area contributed by atoms with Crippen molar-refractivity contribution in [1.82, 2.24) is 0 Å². The van der Waals surface area contributed by atoms with Gasteiger partial charge in [0.1, 0.15) is 0 Å². The number of hydrogen-bond donors (Lipinski definition) is 0. The summed E-state index contributed by atoms with van der Waals surface area (Å²) < 4.78 is 1.31. The molecule has 0 N–H and O–H groups in total. The van der Waals surface area contributed by atoms with Gasteiger partial charge in [-0.2, -0.15) is 0 Å². The van der Waals surface area contributed by atoms with Crippen LogP contribution in [0.2, 0.25) is 0 Å². The SMILES string of the molecule is [CH2]CCCCc1ccc(I)cc1. The van der Waals surface area contributed by atoms with Crippen LogP contribution in [0, 0.1) is 10.5 Å². The van der Waals surface area contributed by atoms with E-state index in [0.29, 0.717) is 0 Å². The molecule has 0 nitrogen and oxygen atoms in total. The van der Waals surface area contributed by atoms with Crippen molar-refractivity contribution in [2.24, 2.45) is 0 Å². The molecule has 0 saturated carbocycles. The Morgan fingerprint density at radius 3 is 2.33 bits per heavy atom. The van der Waals surface area contributed by atoms with Crippen molar-refractivity contribution in [3.8, 4) is 0 Å². The van der Waals surface area contributed by atoms with E-state index in [1.54, 1.807) is 0 Å². The van der Waals surface area contributed by atoms with E-state index in [1.165, 1.54) is 28.4 Å². The summed E-state index contributed by atoms with van der Waals surface area (Å²) in [5.41, 5.74) is 1.45. The molecular weight excluding hydrogens is 259 g/mol. The summed E-state index contributed by atoms with van der Waals surface area (Å²) in [6, 6.07) is 8.76. The van der Waals surface area contributed by atoms with E-state index in [1.807, 2.05) is 0 Å². The van der Waals surface area contributed by atoms with Crippen molar-refractivity contribution in [2.75, 3.05) is 0 Å². The van der Waals surface area contributed by atoms with Gasteiger partial charge < -0.3 is 0 Å². The van der Waals surface area contributed by atoms with Gasteiger partial charge in [0.2, 0.25) is 0 Å². The Hall–Kier alpha value is -0.0500. The van der Waals surface area contributed by atoms with Gasteiger partial charge in [-0.1, -0.05) is 31.9 Å². The molecule has 1 aromatic carbocycles. The highest BCUT2D eigenvalue weighted by Crippen LogP contribution is 2.09. The number of unbranched alkanes of at least 4 members (excludes halogenated alkanes) is 2. The van der Waals surface area contributed by atoms with Crippen molar-refractivity contribution in [2.45, 2.75) is 25.7 Å². The van der Waals surface area contributed by atoms with Crippen molar-refractivity contribution >= 4 is 22.6 Å². The Morgan fingerprint density at radius 2 is 1.75 bits per heavy atom. The fourth-order valence-corrected chi connectivity index (χ4v) is 1.52. The fourth-order valence-electron chi connectivity index (χ4n) is 1.16. The molecule has 0 fully saturated rings. The van der Waals surface area contributed by atoms with Crippen LogP contribution in [-0.2, 0) is 6.42 Å². The number of benzene rings is 1. The van der Waals surface area contributed by atoms with Crippen molar-refractivity contribution in [1.29, 1.82) is 0 Å². The van der Waals surface area contributed by atoms with Crippen LogP contribution in [0.3, 0.4) is 0 Å². The van der Waals surface area contributed by atoms with Gasteiger partial charge in [-0.25, -0.2) is 0 Å². The van der Waals surface area contributed by atoms with E-state index in [2.05, 4.69) is 53.8 Å². The summed E-state index contributed by atoms with van der Waals surface area (Å²) in [6.45, 7) is 3.83. The van der Waals surface area contributed by atoms with Gasteiger partial charge in [-0.05, 0) is 53.1 Å². The van der Waals surface area contributed by atoms with E-state index < -0.39 is 0 Å². The summed E-state index contributed by atoms with van der Waals surface area (Å²) in [5, 5.41) is 0. The summed E-state index contributed by atoms with van der Waals surface area (Å²) in [5.74, 6) is 0. The lowest BCUT2D eigenvalue weighted by Crippen LogP contribution is -1.84. The van der Waals surface area contributed by atoms with E-state index in [0.717, 1.165) is 6.42 Å². The van der Waals surface area contributed by atoms with E-state index in [-0.39, 0.29) is 0 Å². The van der Waals surface area contributed by atoms with Crippen molar-refractivity contribution in [3.63, 3.8) is 0 Å². The van der Waals surface area contributed by atoms with Crippen LogP contribution < -0.4 is 0 Å². The first kappa shape index (κ1) is 10.0. The first-order chi connectivity index (χ1) is 5.83. The topological polar surface area (TPSA) is 0 Å². The van der Waals surface area contributed by atoms with Gasteiger partial charge in [0.15, 0.2) is 0 Å². The van der Waals surface area contributed by atoms with Gasteiger partial charge in [0, 0.05) is 3.57 Å². The third-order valence-electron chi connectivity index (χ3n) is 1.88. The average molecular weight is 273 g/mol. The molecule has 0 unspecified atom stereocenters. The largest absolute Gasteiger partial charge is 0.0580 e. The summed E-state index contributed by atoms with van der Waals surface area (Å²) in [7, 11) is 0. The molecule has 0 amide bonds. The Bertz CT molecular complexity index is 213. The van der Waals surface area contributed by atoms with Crippen LogP contribution in [0.5, 0.6) is 0 Å². The molecule has 0 aliphatic heterocycles. The Kier molecular flexibility index (Phi) is 4.66. The molecule has 0 aromatic heterocycles. The molecule has 1 radical (unpaired) electrons. The second-order valence-corrected chi connectivity index (χ2v) is 4.18. The highest BCUT2D eigenvalue weighted by Gasteiger charge is 1.92. The average Bonchev–Trinajstić information content (AvgIpc) is 2.09. The molecule has 1 heteroatoms. The summed E-state index contributed by atoms with van der Waals surface area (Å²) in [4.78, 5) is 0. The Labute approximate surface area is 88.5 Å². The normalized spacial score (nSPS) is 10.2. The van der Waals surface area contributed by atoms with E-state index in [9.17, 15) is 0 Å². The van der Waals surface area contributed by atoms with Crippen LogP contribution >= 0.6 is 22.6 Å². The second-order valence-electron chi connectivity index (χ2n) is 2.94. The quantitative estimate of drug-likeness (QED) is 0.577. The van der Waals surface area contributed by atoms with Gasteiger partial charge in [0.25, 0.3) is 0 Å². The fraction of sp³-hybridized carbons (Fsp3) is 0.364. The lowest BCUT2D eigenvalue weighted by molar-refractivity contribution is 0.746. The maximum Gasteiger partial charge on any atom is 0.0130 e. The molecule has 0 aliphatic rings. The predicted molar refractivity (Wildman–Crippen MR) is 62.1 cm³/mol. The minimum absolute atomic E-state index is 1.06. The standard InChI is InChI=1S/C11H14I/c1-2-3-4-5-10-6-8-11(12)9-7-10/h6-9H,1-5H2. The van der Waals surface area contributed by atoms with Gasteiger partial charge >= 0.3 is 0 Å². The van der Waals surface area contributed by atoms with E-state index >= 15 is 0 Å². The maximum atomic E-state index is 3.83. The lowest BCUT2D eigenvalue weighted by atomic mass is 10.1. The lowest BCUT2D eigenvalue weighted by Gasteiger charge is -1.99. The minimum atomic E-state index is 1.06. The van der Waals surface area contributed by atoms with Crippen LogP contribution in [0.1, 0.15) is 24.8 Å². The van der Waals surface area contributed by atoms with Gasteiger partial charge in [-0.15, -0.1) is 0 Å². The molecule has 0 heterocycles. The van der Waals surface area contributed by atoms with Crippen molar-refractivity contribution < 1.29 is 0 Å². The number of halogens is 1. The third kappa shape index (κ3) is 3.57. The molecule has 65 valence electrons. The zero-order chi connectivity index (χ0) is 8.81. The Morgan fingerprint density at radius 1 is 1.08 bits per heavy atom. The van der Waals surface area contributed by atoms with Crippen LogP contribution in [-0.4, -0.2) is 0 Å². The molecule has 1 aromatic rings. The first-order valence-electron chi connectivity index (χ1n) is 4.36. The van der Waals surface area contributed by atoms with Crippen LogP contribution in [0.15, 0.2) is 24.3 Å².